The fraction of sp³-hybridized carbons (Fsp3) is 0.412. The molecule has 0 saturated heterocycles. The fourth-order valence-electron chi connectivity index (χ4n) is 2.07. The number of nitrogens with zero attached hydrogens (tertiary/aromatic N) is 3. The Balaban J connectivity index is 1.56. The van der Waals surface area contributed by atoms with Gasteiger partial charge in [-0.3, -0.25) is 9.67 Å². The highest BCUT2D eigenvalue weighted by Crippen LogP contribution is 2.17. The molecule has 23 heavy (non-hydrogen) atoms. The summed E-state index contributed by atoms with van der Waals surface area (Å²) in [4.78, 5) is 5.55. The van der Waals surface area contributed by atoms with E-state index in [9.17, 15) is 0 Å². The fourth-order valence-corrected chi connectivity index (χ4v) is 2.84. The molecule has 0 atom stereocenters. The number of hydrogen-bond acceptors (Lipinski definition) is 3. The maximum absolute atomic E-state index is 4.24. The minimum Gasteiger partial charge on any atom is -0.356 e. The smallest absolute Gasteiger partial charge is 0.191 e. The van der Waals surface area contributed by atoms with E-state index in [1.165, 1.54) is 10.5 Å². The second kappa shape index (κ2) is 9.94. The highest BCUT2D eigenvalue weighted by Gasteiger charge is 1.98. The van der Waals surface area contributed by atoms with E-state index in [1.807, 2.05) is 28.7 Å². The van der Waals surface area contributed by atoms with Crippen molar-refractivity contribution in [2.45, 2.75) is 24.8 Å². The van der Waals surface area contributed by atoms with Crippen LogP contribution >= 0.6 is 11.8 Å². The predicted octanol–water partition coefficient (Wildman–Crippen LogP) is 2.54. The Bertz CT molecular complexity index is 578. The summed E-state index contributed by atoms with van der Waals surface area (Å²) in [5, 5.41) is 10.9. The van der Waals surface area contributed by atoms with Crippen molar-refractivity contribution in [3.8, 4) is 0 Å². The van der Waals surface area contributed by atoms with Crippen LogP contribution in [0.15, 0.2) is 52.6 Å². The van der Waals surface area contributed by atoms with Gasteiger partial charge in [-0.15, -0.1) is 11.8 Å². The van der Waals surface area contributed by atoms with E-state index in [-0.39, 0.29) is 0 Å². The number of thioether (sulfide) groups is 1. The maximum Gasteiger partial charge on any atom is 0.191 e. The molecule has 0 aliphatic rings. The minimum atomic E-state index is 0.856. The second-order valence-corrected chi connectivity index (χ2v) is 6.38. The van der Waals surface area contributed by atoms with Crippen molar-refractivity contribution in [3.05, 3.63) is 48.3 Å². The molecule has 0 fully saturated rings. The number of nitrogens with one attached hydrogen (secondary N) is 2. The Labute approximate surface area is 142 Å². The largest absolute Gasteiger partial charge is 0.356 e. The predicted molar refractivity (Wildman–Crippen MR) is 98.1 cm³/mol. The number of benzene rings is 1. The van der Waals surface area contributed by atoms with Crippen LogP contribution in [0.2, 0.25) is 0 Å². The van der Waals surface area contributed by atoms with Gasteiger partial charge in [-0.25, -0.2) is 0 Å². The van der Waals surface area contributed by atoms with Crippen molar-refractivity contribution in [2.24, 2.45) is 4.99 Å². The van der Waals surface area contributed by atoms with Gasteiger partial charge < -0.3 is 10.6 Å². The number of aryl methyl sites for hydroxylation is 2. The number of aliphatic imine (C=N–C) groups is 1. The molecule has 124 valence electrons. The molecule has 2 rings (SSSR count). The van der Waals surface area contributed by atoms with Gasteiger partial charge in [0.2, 0.25) is 0 Å². The van der Waals surface area contributed by atoms with Crippen molar-refractivity contribution < 1.29 is 0 Å². The van der Waals surface area contributed by atoms with Crippen LogP contribution < -0.4 is 10.6 Å². The van der Waals surface area contributed by atoms with Crippen LogP contribution in [0.4, 0.5) is 0 Å². The van der Waals surface area contributed by atoms with E-state index in [2.05, 4.69) is 51.9 Å². The van der Waals surface area contributed by atoms with Crippen LogP contribution in [0, 0.1) is 6.92 Å². The van der Waals surface area contributed by atoms with Gasteiger partial charge in [-0.2, -0.15) is 5.10 Å². The van der Waals surface area contributed by atoms with Crippen molar-refractivity contribution in [3.63, 3.8) is 0 Å². The van der Waals surface area contributed by atoms with Crippen molar-refractivity contribution in [1.29, 1.82) is 0 Å². The van der Waals surface area contributed by atoms with Crippen LogP contribution in [0.25, 0.3) is 0 Å². The number of aromatic nitrogens is 2. The SMILES string of the molecule is CN=C(NCCCn1cccn1)NCCSc1ccc(C)cc1. The van der Waals surface area contributed by atoms with Gasteiger partial charge in [0.1, 0.15) is 0 Å². The first-order chi connectivity index (χ1) is 11.3. The molecule has 1 heterocycles. The quantitative estimate of drug-likeness (QED) is 0.338. The highest BCUT2D eigenvalue weighted by atomic mass is 32.2. The summed E-state index contributed by atoms with van der Waals surface area (Å²) in [6.07, 6.45) is 4.80. The molecule has 0 bridgehead atoms. The monoisotopic (exact) mass is 331 g/mol. The van der Waals surface area contributed by atoms with E-state index in [0.29, 0.717) is 0 Å². The standard InChI is InChI=1S/C17H25N5S/c1-15-5-7-16(8-6-15)23-14-11-20-17(18-2)19-9-3-12-22-13-4-10-21-22/h4-8,10,13H,3,9,11-12,14H2,1-2H3,(H2,18,19,20). The molecule has 0 aliphatic heterocycles. The lowest BCUT2D eigenvalue weighted by atomic mass is 10.2. The third-order valence-electron chi connectivity index (χ3n) is 3.32. The van der Waals surface area contributed by atoms with Crippen LogP contribution in [0.3, 0.4) is 0 Å². The molecular formula is C17H25N5S. The Morgan fingerprint density at radius 3 is 2.70 bits per heavy atom. The summed E-state index contributed by atoms with van der Waals surface area (Å²) in [5.74, 6) is 1.87. The zero-order chi connectivity index (χ0) is 16.3. The molecule has 0 spiro atoms. The summed E-state index contributed by atoms with van der Waals surface area (Å²) in [5.41, 5.74) is 1.30. The van der Waals surface area contributed by atoms with Crippen LogP contribution in [-0.2, 0) is 6.54 Å². The van der Waals surface area contributed by atoms with Crippen molar-refractivity contribution in [1.82, 2.24) is 20.4 Å². The summed E-state index contributed by atoms with van der Waals surface area (Å²) < 4.78 is 1.94. The van der Waals surface area contributed by atoms with Gasteiger partial charge in [0.05, 0.1) is 0 Å². The van der Waals surface area contributed by atoms with Crippen LogP contribution in [-0.4, -0.2) is 41.6 Å². The van der Waals surface area contributed by atoms with E-state index >= 15 is 0 Å². The molecule has 2 aromatic rings. The number of rotatable bonds is 8. The third kappa shape index (κ3) is 6.78. The molecule has 0 amide bonds. The van der Waals surface area contributed by atoms with E-state index in [4.69, 9.17) is 0 Å². The normalized spacial score (nSPS) is 11.5. The molecule has 0 aliphatic carbocycles. The average Bonchev–Trinajstić information content (AvgIpc) is 3.08. The van der Waals surface area contributed by atoms with Crippen LogP contribution in [0.1, 0.15) is 12.0 Å². The zero-order valence-electron chi connectivity index (χ0n) is 13.8. The molecule has 2 N–H and O–H groups in total. The third-order valence-corrected chi connectivity index (χ3v) is 4.34. The topological polar surface area (TPSA) is 54.2 Å². The minimum absolute atomic E-state index is 0.856. The van der Waals surface area contributed by atoms with Gasteiger partial charge in [-0.05, 0) is 31.5 Å². The summed E-state index contributed by atoms with van der Waals surface area (Å²) in [6.45, 7) is 4.79. The first-order valence-electron chi connectivity index (χ1n) is 7.89. The lowest BCUT2D eigenvalue weighted by Crippen LogP contribution is -2.39. The Morgan fingerprint density at radius 2 is 2.00 bits per heavy atom. The molecule has 1 aromatic carbocycles. The molecule has 0 saturated carbocycles. The summed E-state index contributed by atoms with van der Waals surface area (Å²) in [6, 6.07) is 10.6. The Kier molecular flexibility index (Phi) is 7.52. The first kappa shape index (κ1) is 17.4. The van der Waals surface area contributed by atoms with E-state index in [1.54, 1.807) is 13.2 Å². The molecule has 1 aromatic heterocycles. The molecular weight excluding hydrogens is 306 g/mol. The molecule has 0 unspecified atom stereocenters. The van der Waals surface area contributed by atoms with Gasteiger partial charge in [0.15, 0.2) is 5.96 Å². The summed E-state index contributed by atoms with van der Waals surface area (Å²) in [7, 11) is 1.80. The molecule has 5 nitrogen and oxygen atoms in total. The van der Waals surface area contributed by atoms with Crippen molar-refractivity contribution in [2.75, 3.05) is 25.9 Å². The lowest BCUT2D eigenvalue weighted by Gasteiger charge is -2.11. The van der Waals surface area contributed by atoms with Crippen LogP contribution in [0.5, 0.6) is 0 Å². The first-order valence-corrected chi connectivity index (χ1v) is 8.88. The Hall–Kier alpha value is -1.95. The van der Waals surface area contributed by atoms with E-state index < -0.39 is 0 Å². The van der Waals surface area contributed by atoms with Gasteiger partial charge in [0, 0.05) is 49.7 Å². The second-order valence-electron chi connectivity index (χ2n) is 5.21. The van der Waals surface area contributed by atoms with Gasteiger partial charge in [0.25, 0.3) is 0 Å². The maximum atomic E-state index is 4.24. The number of guanidine groups is 1. The Morgan fingerprint density at radius 1 is 1.22 bits per heavy atom. The lowest BCUT2D eigenvalue weighted by molar-refractivity contribution is 0.570. The molecule has 6 heteroatoms. The zero-order valence-corrected chi connectivity index (χ0v) is 14.6. The van der Waals surface area contributed by atoms with Gasteiger partial charge >= 0.3 is 0 Å². The van der Waals surface area contributed by atoms with Gasteiger partial charge in [-0.1, -0.05) is 17.7 Å². The average molecular weight is 331 g/mol. The van der Waals surface area contributed by atoms with Crippen molar-refractivity contribution >= 4 is 17.7 Å². The number of hydrogen-bond donors (Lipinski definition) is 2. The van der Waals surface area contributed by atoms with E-state index in [0.717, 1.165) is 37.8 Å². The summed E-state index contributed by atoms with van der Waals surface area (Å²) >= 11 is 1.85. The highest BCUT2D eigenvalue weighted by molar-refractivity contribution is 7.99. The molecule has 0 radical (unpaired) electrons.